The van der Waals surface area contributed by atoms with Crippen molar-refractivity contribution in [3.05, 3.63) is 41.3 Å². The van der Waals surface area contributed by atoms with Crippen molar-refractivity contribution in [2.24, 2.45) is 0 Å². The van der Waals surface area contributed by atoms with Crippen LogP contribution in [0.5, 0.6) is 5.88 Å². The Kier molecular flexibility index (Phi) is 2.74. The van der Waals surface area contributed by atoms with Gasteiger partial charge in [-0.15, -0.1) is 0 Å². The number of methoxy groups -OCH3 is 1. The van der Waals surface area contributed by atoms with E-state index in [4.69, 9.17) is 4.74 Å². The lowest BCUT2D eigenvalue weighted by Crippen LogP contribution is -1.96. The van der Waals surface area contributed by atoms with Crippen LogP contribution < -0.4 is 4.74 Å². The normalized spacial score (nSPS) is 13.4. The molecule has 0 N–H and O–H groups in total. The average Bonchev–Trinajstić information content (AvgIpc) is 2.88. The number of nitrogens with zero attached hydrogens (tertiary/aromatic N) is 2. The summed E-state index contributed by atoms with van der Waals surface area (Å²) in [6, 6.07) is 3.97. The van der Waals surface area contributed by atoms with E-state index in [0.29, 0.717) is 5.88 Å². The van der Waals surface area contributed by atoms with Gasteiger partial charge in [-0.05, 0) is 48.9 Å². The molecular weight excluding hydrogens is 224 g/mol. The lowest BCUT2D eigenvalue weighted by molar-refractivity contribution is 0.398. The Morgan fingerprint density at radius 3 is 2.94 bits per heavy atom. The number of hydrogen-bond acceptors (Lipinski definition) is 3. The molecule has 18 heavy (non-hydrogen) atoms. The minimum Gasteiger partial charge on any atom is -0.481 e. The minimum absolute atomic E-state index is 0.646. The van der Waals surface area contributed by atoms with Gasteiger partial charge < -0.3 is 4.74 Å². The highest BCUT2D eigenvalue weighted by molar-refractivity contribution is 5.68. The van der Waals surface area contributed by atoms with Gasteiger partial charge in [0.1, 0.15) is 0 Å². The molecule has 3 rings (SSSR count). The van der Waals surface area contributed by atoms with E-state index in [1.165, 1.54) is 28.8 Å². The highest BCUT2D eigenvalue weighted by Crippen LogP contribution is 2.31. The Hall–Kier alpha value is -1.90. The second-order valence-corrected chi connectivity index (χ2v) is 4.66. The first kappa shape index (κ1) is 11.2. The molecule has 0 unspecified atom stereocenters. The predicted molar refractivity (Wildman–Crippen MR) is 70.8 cm³/mol. The van der Waals surface area contributed by atoms with Crippen LogP contribution in [-0.4, -0.2) is 17.1 Å². The zero-order valence-corrected chi connectivity index (χ0v) is 10.7. The number of fused-ring (bicyclic) bond motifs is 1. The highest BCUT2D eigenvalue weighted by atomic mass is 16.5. The Balaban J connectivity index is 2.11. The van der Waals surface area contributed by atoms with Gasteiger partial charge in [-0.25, -0.2) is 4.98 Å². The Labute approximate surface area is 107 Å². The van der Waals surface area contributed by atoms with Crippen LogP contribution >= 0.6 is 0 Å². The average molecular weight is 240 g/mol. The zero-order valence-electron chi connectivity index (χ0n) is 10.7. The smallest absolute Gasteiger partial charge is 0.213 e. The quantitative estimate of drug-likeness (QED) is 0.809. The maximum absolute atomic E-state index is 5.18. The van der Waals surface area contributed by atoms with Gasteiger partial charge in [-0.3, -0.25) is 4.98 Å². The van der Waals surface area contributed by atoms with Crippen molar-refractivity contribution < 1.29 is 4.74 Å². The minimum atomic E-state index is 0.646. The molecule has 0 bridgehead atoms. The number of pyridine rings is 2. The maximum atomic E-state index is 5.18. The lowest BCUT2D eigenvalue weighted by atomic mass is 9.98. The molecule has 2 aromatic rings. The summed E-state index contributed by atoms with van der Waals surface area (Å²) in [6.45, 7) is 2.19. The number of aryl methyl sites for hydroxylation is 1. The maximum Gasteiger partial charge on any atom is 0.213 e. The first-order chi connectivity index (χ1) is 8.79. The summed E-state index contributed by atoms with van der Waals surface area (Å²) in [6.07, 6.45) is 7.27. The largest absolute Gasteiger partial charge is 0.481 e. The molecule has 1 aliphatic rings. The van der Waals surface area contributed by atoms with E-state index >= 15 is 0 Å². The second kappa shape index (κ2) is 4.41. The molecule has 0 saturated heterocycles. The SMILES string of the molecule is COc1cc(-c2cnc3c(c2C)CCC3)ccn1. The molecule has 2 aromatic heterocycles. The van der Waals surface area contributed by atoms with Crippen molar-refractivity contribution in [2.75, 3.05) is 7.11 Å². The Morgan fingerprint density at radius 1 is 1.22 bits per heavy atom. The summed E-state index contributed by atoms with van der Waals surface area (Å²) in [5, 5.41) is 0. The zero-order chi connectivity index (χ0) is 12.5. The third kappa shape index (κ3) is 1.76. The summed E-state index contributed by atoms with van der Waals surface area (Å²) in [5.74, 6) is 0.646. The molecule has 0 radical (unpaired) electrons. The fourth-order valence-corrected chi connectivity index (χ4v) is 2.66. The van der Waals surface area contributed by atoms with E-state index in [-0.39, 0.29) is 0 Å². The number of rotatable bonds is 2. The topological polar surface area (TPSA) is 35.0 Å². The highest BCUT2D eigenvalue weighted by Gasteiger charge is 2.17. The van der Waals surface area contributed by atoms with E-state index in [9.17, 15) is 0 Å². The van der Waals surface area contributed by atoms with E-state index in [1.54, 1.807) is 13.3 Å². The van der Waals surface area contributed by atoms with Crippen LogP contribution in [0.15, 0.2) is 24.5 Å². The summed E-state index contributed by atoms with van der Waals surface area (Å²) in [5.41, 5.74) is 6.38. The summed E-state index contributed by atoms with van der Waals surface area (Å²) in [4.78, 5) is 8.73. The first-order valence-electron chi connectivity index (χ1n) is 6.27. The van der Waals surface area contributed by atoms with E-state index in [0.717, 1.165) is 18.4 Å². The van der Waals surface area contributed by atoms with Crippen molar-refractivity contribution in [1.29, 1.82) is 0 Å². The standard InChI is InChI=1S/C15H16N2O/c1-10-12-4-3-5-14(12)17-9-13(10)11-6-7-16-15(8-11)18-2/h6-9H,3-5H2,1-2H3. The molecule has 0 amide bonds. The molecule has 3 nitrogen and oxygen atoms in total. The van der Waals surface area contributed by atoms with Gasteiger partial charge in [-0.2, -0.15) is 0 Å². The van der Waals surface area contributed by atoms with Crippen molar-refractivity contribution >= 4 is 0 Å². The summed E-state index contributed by atoms with van der Waals surface area (Å²) in [7, 11) is 1.64. The molecular formula is C15H16N2O. The van der Waals surface area contributed by atoms with Crippen molar-refractivity contribution in [3.63, 3.8) is 0 Å². The Bertz CT molecular complexity index is 593. The molecule has 3 heteroatoms. The monoisotopic (exact) mass is 240 g/mol. The predicted octanol–water partition coefficient (Wildman–Crippen LogP) is 2.95. The van der Waals surface area contributed by atoms with Crippen LogP contribution in [0.1, 0.15) is 23.2 Å². The van der Waals surface area contributed by atoms with Crippen LogP contribution in [0.2, 0.25) is 0 Å². The molecule has 1 aliphatic carbocycles. The van der Waals surface area contributed by atoms with E-state index in [1.807, 2.05) is 18.3 Å². The molecule has 0 aliphatic heterocycles. The van der Waals surface area contributed by atoms with Crippen molar-refractivity contribution in [2.45, 2.75) is 26.2 Å². The van der Waals surface area contributed by atoms with Crippen LogP contribution in [0.25, 0.3) is 11.1 Å². The third-order valence-corrected chi connectivity index (χ3v) is 3.65. The summed E-state index contributed by atoms with van der Waals surface area (Å²) < 4.78 is 5.18. The summed E-state index contributed by atoms with van der Waals surface area (Å²) >= 11 is 0. The lowest BCUT2D eigenvalue weighted by Gasteiger charge is -2.11. The number of aromatic nitrogens is 2. The van der Waals surface area contributed by atoms with Crippen molar-refractivity contribution in [1.82, 2.24) is 9.97 Å². The number of ether oxygens (including phenoxy) is 1. The number of hydrogen-bond donors (Lipinski definition) is 0. The second-order valence-electron chi connectivity index (χ2n) is 4.66. The Morgan fingerprint density at radius 2 is 2.11 bits per heavy atom. The van der Waals surface area contributed by atoms with Gasteiger partial charge in [0.25, 0.3) is 0 Å². The van der Waals surface area contributed by atoms with Gasteiger partial charge in [0.15, 0.2) is 0 Å². The molecule has 0 saturated carbocycles. The molecule has 92 valence electrons. The van der Waals surface area contributed by atoms with Gasteiger partial charge in [-0.1, -0.05) is 0 Å². The van der Waals surface area contributed by atoms with Gasteiger partial charge in [0.2, 0.25) is 5.88 Å². The fourth-order valence-electron chi connectivity index (χ4n) is 2.66. The van der Waals surface area contributed by atoms with Crippen LogP contribution in [0.3, 0.4) is 0 Å². The first-order valence-corrected chi connectivity index (χ1v) is 6.27. The van der Waals surface area contributed by atoms with Crippen LogP contribution in [-0.2, 0) is 12.8 Å². The molecule has 0 aromatic carbocycles. The molecule has 0 fully saturated rings. The van der Waals surface area contributed by atoms with E-state index < -0.39 is 0 Å². The van der Waals surface area contributed by atoms with E-state index in [2.05, 4.69) is 16.9 Å². The van der Waals surface area contributed by atoms with Crippen LogP contribution in [0.4, 0.5) is 0 Å². The van der Waals surface area contributed by atoms with Crippen LogP contribution in [0, 0.1) is 6.92 Å². The third-order valence-electron chi connectivity index (χ3n) is 3.65. The molecule has 2 heterocycles. The fraction of sp³-hybridized carbons (Fsp3) is 0.333. The molecule has 0 atom stereocenters. The van der Waals surface area contributed by atoms with Gasteiger partial charge >= 0.3 is 0 Å². The molecule has 0 spiro atoms. The van der Waals surface area contributed by atoms with Gasteiger partial charge in [0, 0.05) is 29.7 Å². The van der Waals surface area contributed by atoms with Gasteiger partial charge in [0.05, 0.1) is 7.11 Å². The van der Waals surface area contributed by atoms with Crippen molar-refractivity contribution in [3.8, 4) is 17.0 Å².